The highest BCUT2D eigenvalue weighted by molar-refractivity contribution is 6.07. The SMILES string of the molecule is Cc1c(N2CCC(=O)NC2=O)ccc2c1ccn2C1CCN(CC2(F)CCN(C(=O)c3ccc([C@@H]4CN(c5cc(-c6ccccc6O)nnc5N)C[C@H](C)O4)cc3)CC2)CC1. The lowest BCUT2D eigenvalue weighted by Gasteiger charge is -2.41. The Morgan fingerprint density at radius 2 is 1.70 bits per heavy atom. The number of likely N-dealkylation sites (tertiary alicyclic amines) is 2. The molecule has 5 aromatic rings. The van der Waals surface area contributed by atoms with Gasteiger partial charge in [0.05, 0.1) is 17.5 Å². The van der Waals surface area contributed by atoms with E-state index in [4.69, 9.17) is 10.5 Å². The smallest absolute Gasteiger partial charge is 0.328 e. The number of anilines is 3. The van der Waals surface area contributed by atoms with Gasteiger partial charge in [-0.05, 0) is 86.3 Å². The van der Waals surface area contributed by atoms with E-state index in [1.54, 1.807) is 28.0 Å². The molecule has 4 saturated heterocycles. The van der Waals surface area contributed by atoms with Crippen LogP contribution in [0.5, 0.6) is 5.75 Å². The number of amides is 4. The molecule has 61 heavy (non-hydrogen) atoms. The number of piperidine rings is 2. The number of nitrogens with two attached hydrogens (primary N) is 1. The standard InChI is InChI=1S/C46H52FN9O5/c1-29-26-54(39-25-36(50-51-43(39)48)35-5-3-4-6-40(35)57)27-41(61-29)31-7-9-32(10-8-31)44(59)53-23-17-46(47,18-24-53)28-52-19-13-33(14-20-52)55-21-15-34-30(2)37(11-12-38(34)55)56-22-16-42(58)49-45(56)60/h3-12,15,21,25,29,33,41,57H,13-14,16-20,22-24,26-28H2,1-2H3,(H2,48,51)(H,49,58,60)/t29-,41-/m0/s1. The predicted octanol–water partition coefficient (Wildman–Crippen LogP) is 6.39. The monoisotopic (exact) mass is 829 g/mol. The molecule has 2 aromatic heterocycles. The minimum atomic E-state index is -1.36. The lowest BCUT2D eigenvalue weighted by Crippen LogP contribution is -2.51. The van der Waals surface area contributed by atoms with Gasteiger partial charge in [0.15, 0.2) is 5.82 Å². The second kappa shape index (κ2) is 16.4. The number of alkyl halides is 1. The number of rotatable bonds is 8. The Balaban J connectivity index is 0.775. The van der Waals surface area contributed by atoms with Gasteiger partial charge in [-0.1, -0.05) is 24.3 Å². The molecule has 0 saturated carbocycles. The van der Waals surface area contributed by atoms with Crippen LogP contribution >= 0.6 is 0 Å². The number of halogens is 1. The van der Waals surface area contributed by atoms with E-state index in [1.807, 2.05) is 56.3 Å². The molecule has 2 atom stereocenters. The zero-order valence-electron chi connectivity index (χ0n) is 34.6. The maximum atomic E-state index is 16.4. The fourth-order valence-electron chi connectivity index (χ4n) is 9.62. The summed E-state index contributed by atoms with van der Waals surface area (Å²) in [4.78, 5) is 45.6. The summed E-state index contributed by atoms with van der Waals surface area (Å²) in [5.74, 6) is 0.0509. The van der Waals surface area contributed by atoms with Gasteiger partial charge in [-0.3, -0.25) is 19.8 Å². The van der Waals surface area contributed by atoms with E-state index in [1.165, 1.54) is 0 Å². The molecular formula is C46H52FN9O5. The van der Waals surface area contributed by atoms with Gasteiger partial charge in [0.2, 0.25) is 5.91 Å². The van der Waals surface area contributed by atoms with Crippen LogP contribution in [0, 0.1) is 6.92 Å². The molecule has 0 unspecified atom stereocenters. The van der Waals surface area contributed by atoms with E-state index in [9.17, 15) is 19.5 Å². The molecule has 0 radical (unpaired) electrons. The molecule has 4 aliphatic heterocycles. The number of hydrogen-bond acceptors (Lipinski definition) is 10. The van der Waals surface area contributed by atoms with Crippen molar-refractivity contribution in [2.45, 2.75) is 69.9 Å². The molecule has 0 bridgehead atoms. The number of imide groups is 1. The molecule has 318 valence electrons. The van der Waals surface area contributed by atoms with Crippen molar-refractivity contribution in [3.63, 3.8) is 0 Å². The van der Waals surface area contributed by atoms with Crippen molar-refractivity contribution < 1.29 is 28.6 Å². The van der Waals surface area contributed by atoms with Crippen molar-refractivity contribution in [2.75, 3.05) is 67.9 Å². The van der Waals surface area contributed by atoms with Gasteiger partial charge in [0.25, 0.3) is 5.91 Å². The van der Waals surface area contributed by atoms with Crippen LogP contribution in [-0.4, -0.2) is 112 Å². The number of ether oxygens (including phenoxy) is 1. The van der Waals surface area contributed by atoms with Gasteiger partial charge in [-0.25, -0.2) is 9.18 Å². The number of carbonyl (C=O) groups excluding carboxylic acids is 3. The lowest BCUT2D eigenvalue weighted by atomic mass is 9.91. The van der Waals surface area contributed by atoms with E-state index in [2.05, 4.69) is 48.2 Å². The summed E-state index contributed by atoms with van der Waals surface area (Å²) < 4.78 is 25.0. The number of nitrogens with zero attached hydrogens (tertiary/aromatic N) is 7. The third kappa shape index (κ3) is 8.11. The van der Waals surface area contributed by atoms with Crippen molar-refractivity contribution >= 4 is 45.9 Å². The summed E-state index contributed by atoms with van der Waals surface area (Å²) >= 11 is 0. The lowest BCUT2D eigenvalue weighted by molar-refractivity contribution is -0.120. The number of nitrogens with one attached hydrogen (secondary N) is 1. The number of hydrogen-bond donors (Lipinski definition) is 3. The first kappa shape index (κ1) is 40.4. The van der Waals surface area contributed by atoms with Crippen molar-refractivity contribution in [1.82, 2.24) is 29.9 Å². The first-order valence-corrected chi connectivity index (χ1v) is 21.3. The number of benzene rings is 3. The maximum Gasteiger partial charge on any atom is 0.328 e. The summed E-state index contributed by atoms with van der Waals surface area (Å²) in [7, 11) is 0. The first-order chi connectivity index (χ1) is 29.4. The number of urea groups is 1. The fraction of sp³-hybridized carbons (Fsp3) is 0.413. The van der Waals surface area contributed by atoms with Crippen LogP contribution in [0.2, 0.25) is 0 Å². The molecule has 9 rings (SSSR count). The van der Waals surface area contributed by atoms with E-state index < -0.39 is 5.67 Å². The molecule has 14 nitrogen and oxygen atoms in total. The molecular weight excluding hydrogens is 778 g/mol. The average Bonchev–Trinajstić information content (AvgIpc) is 3.70. The molecule has 4 amide bonds. The number of para-hydroxylation sites is 1. The Labute approximate surface area is 354 Å². The summed E-state index contributed by atoms with van der Waals surface area (Å²) in [5.41, 5.74) is 11.2. The van der Waals surface area contributed by atoms with E-state index in [0.717, 1.165) is 53.6 Å². The minimum Gasteiger partial charge on any atom is -0.507 e. The molecule has 4 N–H and O–H groups in total. The average molecular weight is 830 g/mol. The Bertz CT molecular complexity index is 2460. The second-order valence-corrected chi connectivity index (χ2v) is 17.1. The van der Waals surface area contributed by atoms with Crippen LogP contribution in [0.3, 0.4) is 0 Å². The van der Waals surface area contributed by atoms with Gasteiger partial charge >= 0.3 is 6.03 Å². The number of aromatic hydroxyl groups is 1. The highest BCUT2D eigenvalue weighted by Gasteiger charge is 2.39. The van der Waals surface area contributed by atoms with Gasteiger partial charge in [0.1, 0.15) is 17.5 Å². The number of phenolic OH excluding ortho intramolecular Hbond substituents is 1. The summed E-state index contributed by atoms with van der Waals surface area (Å²) in [6.07, 6.45) is 4.39. The predicted molar refractivity (Wildman–Crippen MR) is 231 cm³/mol. The van der Waals surface area contributed by atoms with Crippen molar-refractivity contribution in [3.8, 4) is 17.0 Å². The number of aromatic nitrogens is 3. The molecule has 4 aliphatic rings. The van der Waals surface area contributed by atoms with Crippen LogP contribution < -0.4 is 20.9 Å². The van der Waals surface area contributed by atoms with E-state index >= 15 is 4.39 Å². The third-order valence-electron chi connectivity index (χ3n) is 13.0. The van der Waals surface area contributed by atoms with Gasteiger partial charge in [0, 0.05) is 112 Å². The largest absolute Gasteiger partial charge is 0.507 e. The zero-order valence-corrected chi connectivity index (χ0v) is 34.6. The number of nitrogen functional groups attached to an aromatic ring is 1. The Kier molecular flexibility index (Phi) is 10.9. The van der Waals surface area contributed by atoms with Crippen molar-refractivity contribution in [1.29, 1.82) is 0 Å². The van der Waals surface area contributed by atoms with Crippen LogP contribution in [-0.2, 0) is 9.53 Å². The van der Waals surface area contributed by atoms with E-state index in [-0.39, 0.29) is 54.1 Å². The van der Waals surface area contributed by atoms with Crippen molar-refractivity contribution in [3.05, 3.63) is 95.7 Å². The summed E-state index contributed by atoms with van der Waals surface area (Å²) in [6, 6.07) is 22.4. The molecule has 3 aromatic carbocycles. The molecule has 15 heteroatoms. The Hall–Kier alpha value is -6.06. The highest BCUT2D eigenvalue weighted by Crippen LogP contribution is 2.37. The number of phenols is 1. The van der Waals surface area contributed by atoms with Crippen LogP contribution in [0.15, 0.2) is 79.0 Å². The zero-order chi connectivity index (χ0) is 42.4. The van der Waals surface area contributed by atoms with Crippen molar-refractivity contribution in [2.24, 2.45) is 0 Å². The fourth-order valence-corrected chi connectivity index (χ4v) is 9.62. The number of carbonyl (C=O) groups is 3. The molecule has 0 spiro atoms. The van der Waals surface area contributed by atoms with Crippen LogP contribution in [0.4, 0.5) is 26.4 Å². The molecule has 4 fully saturated rings. The third-order valence-corrected chi connectivity index (χ3v) is 13.0. The highest BCUT2D eigenvalue weighted by atomic mass is 19.1. The molecule has 0 aliphatic carbocycles. The molecule has 6 heterocycles. The summed E-state index contributed by atoms with van der Waals surface area (Å²) in [5, 5.41) is 22.3. The van der Waals surface area contributed by atoms with Gasteiger partial charge in [-0.15, -0.1) is 10.2 Å². The van der Waals surface area contributed by atoms with Crippen LogP contribution in [0.1, 0.15) is 72.7 Å². The quantitative estimate of drug-likeness (QED) is 0.160. The topological polar surface area (TPSA) is 162 Å². The number of aryl methyl sites for hydroxylation is 1. The van der Waals surface area contributed by atoms with Crippen LogP contribution in [0.25, 0.3) is 22.2 Å². The number of morpholine rings is 1. The summed E-state index contributed by atoms with van der Waals surface area (Å²) in [6.45, 7) is 8.14. The Morgan fingerprint density at radius 3 is 2.44 bits per heavy atom. The normalized spacial score (nSPS) is 21.5. The number of fused-ring (bicyclic) bond motifs is 1. The van der Waals surface area contributed by atoms with Gasteiger partial charge in [-0.2, -0.15) is 0 Å². The Morgan fingerprint density at radius 1 is 0.951 bits per heavy atom. The van der Waals surface area contributed by atoms with E-state index in [0.29, 0.717) is 74.6 Å². The van der Waals surface area contributed by atoms with Gasteiger partial charge < -0.3 is 34.8 Å². The maximum absolute atomic E-state index is 16.4. The minimum absolute atomic E-state index is 0.100. The first-order valence-electron chi connectivity index (χ1n) is 21.3. The second-order valence-electron chi connectivity index (χ2n) is 17.1.